The van der Waals surface area contributed by atoms with E-state index in [1.165, 1.54) is 0 Å². The number of aromatic nitrogens is 2. The van der Waals surface area contributed by atoms with Crippen LogP contribution in [0.3, 0.4) is 0 Å². The molecule has 0 radical (unpaired) electrons. The van der Waals surface area contributed by atoms with Gasteiger partial charge in [-0.05, 0) is 19.1 Å². The van der Waals surface area contributed by atoms with Crippen molar-refractivity contribution in [3.05, 3.63) is 70.9 Å². The van der Waals surface area contributed by atoms with E-state index >= 15 is 0 Å². The van der Waals surface area contributed by atoms with Crippen LogP contribution in [0.1, 0.15) is 16.8 Å². The number of hydrogen-bond donors (Lipinski definition) is 1. The van der Waals surface area contributed by atoms with Gasteiger partial charge in [-0.25, -0.2) is 9.67 Å². The van der Waals surface area contributed by atoms with Crippen LogP contribution in [0.2, 0.25) is 5.02 Å². The Morgan fingerprint density at radius 2 is 1.86 bits per heavy atom. The van der Waals surface area contributed by atoms with Gasteiger partial charge in [0.25, 0.3) is 0 Å². The van der Waals surface area contributed by atoms with Crippen LogP contribution in [0, 0.1) is 6.92 Å². The summed E-state index contributed by atoms with van der Waals surface area (Å²) in [6, 6.07) is 11.5. The van der Waals surface area contributed by atoms with Crippen molar-refractivity contribution in [1.82, 2.24) is 9.78 Å². The van der Waals surface area contributed by atoms with Crippen molar-refractivity contribution in [2.24, 2.45) is 4.99 Å². The predicted octanol–water partition coefficient (Wildman–Crippen LogP) is 5.27. The third kappa shape index (κ3) is 3.25. The molecule has 0 saturated carbocycles. The number of ether oxygens (including phenoxy) is 2. The van der Waals surface area contributed by atoms with Gasteiger partial charge in [0, 0.05) is 22.2 Å². The number of nitrogens with one attached hydrogen (secondary N) is 1. The number of aryl methyl sites for hydroxylation is 1. The first-order valence-corrected chi connectivity index (χ1v) is 9.50. The molecule has 0 fully saturated rings. The fraction of sp³-hybridized carbons (Fsp3) is 0.182. The first-order valence-electron chi connectivity index (χ1n) is 9.12. The molecule has 0 unspecified atom stereocenters. The average Bonchev–Trinajstić information content (AvgIpc) is 2.91. The number of anilines is 2. The highest BCUT2D eigenvalue weighted by atomic mass is 35.5. The van der Waals surface area contributed by atoms with Crippen molar-refractivity contribution in [3.63, 3.8) is 0 Å². The van der Waals surface area contributed by atoms with E-state index in [0.717, 1.165) is 39.7 Å². The summed E-state index contributed by atoms with van der Waals surface area (Å²) in [5, 5.41) is 8.71. The molecular weight excluding hydrogens is 388 g/mol. The molecule has 148 valence electrons. The van der Waals surface area contributed by atoms with Crippen molar-refractivity contribution in [1.29, 1.82) is 0 Å². The third-order valence-corrected chi connectivity index (χ3v) is 5.11. The number of benzene rings is 2. The SMILES string of the molecule is C=CCn1nc(C)c2c1Nc1cc(OC)c(OC)cc1C(c1ccccc1Cl)=N2. The van der Waals surface area contributed by atoms with Crippen molar-refractivity contribution in [2.75, 3.05) is 19.5 Å². The maximum atomic E-state index is 6.54. The maximum Gasteiger partial charge on any atom is 0.162 e. The predicted molar refractivity (Wildman–Crippen MR) is 117 cm³/mol. The highest BCUT2D eigenvalue weighted by Crippen LogP contribution is 2.42. The van der Waals surface area contributed by atoms with Gasteiger partial charge in [-0.2, -0.15) is 5.10 Å². The van der Waals surface area contributed by atoms with E-state index in [2.05, 4.69) is 17.0 Å². The molecule has 3 aromatic rings. The lowest BCUT2D eigenvalue weighted by Crippen LogP contribution is -2.09. The molecule has 2 heterocycles. The standard InChI is InChI=1S/C22H21ClN4O2/c1-5-10-27-22-20(13(2)26-27)25-21(14-8-6-7-9-16(14)23)15-11-18(28-3)19(29-4)12-17(15)24-22/h5-9,11-12,24H,1,10H2,2-4H3. The molecule has 2 aromatic carbocycles. The Kier molecular flexibility index (Phi) is 5.03. The zero-order chi connectivity index (χ0) is 20.5. The van der Waals surface area contributed by atoms with Gasteiger partial charge in [-0.3, -0.25) is 0 Å². The van der Waals surface area contributed by atoms with Crippen LogP contribution >= 0.6 is 11.6 Å². The average molecular weight is 409 g/mol. The molecule has 0 saturated heterocycles. The molecule has 0 bridgehead atoms. The lowest BCUT2D eigenvalue weighted by Gasteiger charge is -2.16. The molecule has 1 aliphatic heterocycles. The van der Waals surface area contributed by atoms with E-state index in [1.807, 2.05) is 48.0 Å². The molecule has 1 aromatic heterocycles. The van der Waals surface area contributed by atoms with Crippen LogP contribution in [0.25, 0.3) is 0 Å². The van der Waals surface area contributed by atoms with E-state index < -0.39 is 0 Å². The molecule has 29 heavy (non-hydrogen) atoms. The lowest BCUT2D eigenvalue weighted by atomic mass is 9.99. The number of allylic oxidation sites excluding steroid dienone is 1. The summed E-state index contributed by atoms with van der Waals surface area (Å²) in [5.41, 5.74) is 4.82. The Balaban J connectivity index is 2.05. The second-order valence-corrected chi connectivity index (χ2v) is 6.98. The van der Waals surface area contributed by atoms with Gasteiger partial charge in [-0.1, -0.05) is 35.9 Å². The highest BCUT2D eigenvalue weighted by Gasteiger charge is 2.26. The first-order chi connectivity index (χ1) is 14.1. The Labute approximate surface area is 174 Å². The molecule has 1 N–H and O–H groups in total. The minimum Gasteiger partial charge on any atom is -0.493 e. The van der Waals surface area contributed by atoms with Gasteiger partial charge >= 0.3 is 0 Å². The zero-order valence-electron chi connectivity index (χ0n) is 16.5. The molecule has 4 rings (SSSR count). The molecular formula is C22H21ClN4O2. The lowest BCUT2D eigenvalue weighted by molar-refractivity contribution is 0.355. The topological polar surface area (TPSA) is 60.7 Å². The summed E-state index contributed by atoms with van der Waals surface area (Å²) in [6.45, 7) is 6.32. The Morgan fingerprint density at radius 3 is 2.55 bits per heavy atom. The van der Waals surface area contributed by atoms with Gasteiger partial charge < -0.3 is 14.8 Å². The molecule has 0 atom stereocenters. The van der Waals surface area contributed by atoms with Crippen molar-refractivity contribution >= 4 is 34.5 Å². The van der Waals surface area contributed by atoms with Crippen molar-refractivity contribution in [2.45, 2.75) is 13.5 Å². The summed E-state index contributed by atoms with van der Waals surface area (Å²) in [4.78, 5) is 5.00. The molecule has 7 heteroatoms. The maximum absolute atomic E-state index is 6.54. The normalized spacial score (nSPS) is 12.2. The number of hydrogen-bond acceptors (Lipinski definition) is 5. The Morgan fingerprint density at radius 1 is 1.14 bits per heavy atom. The quantitative estimate of drug-likeness (QED) is 0.457. The zero-order valence-corrected chi connectivity index (χ0v) is 17.2. The second kappa shape index (κ2) is 7.64. The van der Waals surface area contributed by atoms with Gasteiger partial charge in [-0.15, -0.1) is 6.58 Å². The second-order valence-electron chi connectivity index (χ2n) is 6.57. The van der Waals surface area contributed by atoms with Crippen molar-refractivity contribution < 1.29 is 9.47 Å². The van der Waals surface area contributed by atoms with E-state index in [9.17, 15) is 0 Å². The van der Waals surface area contributed by atoms with Gasteiger partial charge in [0.2, 0.25) is 0 Å². The summed E-state index contributed by atoms with van der Waals surface area (Å²) in [5.74, 6) is 2.02. The number of rotatable bonds is 5. The van der Waals surface area contributed by atoms with Crippen molar-refractivity contribution in [3.8, 4) is 11.5 Å². The van der Waals surface area contributed by atoms with E-state index in [-0.39, 0.29) is 0 Å². The van der Waals surface area contributed by atoms with E-state index in [0.29, 0.717) is 23.1 Å². The molecule has 6 nitrogen and oxygen atoms in total. The minimum absolute atomic E-state index is 0.558. The third-order valence-electron chi connectivity index (χ3n) is 4.78. The number of halogens is 1. The molecule has 0 amide bonds. The highest BCUT2D eigenvalue weighted by molar-refractivity contribution is 6.36. The van der Waals surface area contributed by atoms with E-state index in [1.54, 1.807) is 20.3 Å². The monoisotopic (exact) mass is 408 g/mol. The number of fused-ring (bicyclic) bond motifs is 2. The number of nitrogens with zero attached hydrogens (tertiary/aromatic N) is 3. The van der Waals surface area contributed by atoms with Crippen LogP contribution in [-0.4, -0.2) is 29.7 Å². The smallest absolute Gasteiger partial charge is 0.162 e. The summed E-state index contributed by atoms with van der Waals surface area (Å²) in [6.07, 6.45) is 1.80. The van der Waals surface area contributed by atoms with Gasteiger partial charge in [0.05, 0.1) is 37.9 Å². The van der Waals surface area contributed by atoms with Crippen LogP contribution < -0.4 is 14.8 Å². The van der Waals surface area contributed by atoms with Gasteiger partial charge in [0.1, 0.15) is 5.69 Å². The fourth-order valence-electron chi connectivity index (χ4n) is 3.42. The minimum atomic E-state index is 0.558. The summed E-state index contributed by atoms with van der Waals surface area (Å²) in [7, 11) is 3.23. The Hall–Kier alpha value is -3.25. The first kappa shape index (κ1) is 19.1. The summed E-state index contributed by atoms with van der Waals surface area (Å²) < 4.78 is 12.9. The molecule has 1 aliphatic rings. The van der Waals surface area contributed by atoms with Crippen LogP contribution in [0.4, 0.5) is 17.2 Å². The number of methoxy groups -OCH3 is 2. The fourth-order valence-corrected chi connectivity index (χ4v) is 3.65. The Bertz CT molecular complexity index is 1130. The number of aliphatic imine (C=N–C) groups is 1. The van der Waals surface area contributed by atoms with E-state index in [4.69, 9.17) is 26.1 Å². The molecule has 0 spiro atoms. The molecule has 0 aliphatic carbocycles. The van der Waals surface area contributed by atoms with Crippen LogP contribution in [0.15, 0.2) is 54.0 Å². The van der Waals surface area contributed by atoms with Crippen LogP contribution in [-0.2, 0) is 6.54 Å². The largest absolute Gasteiger partial charge is 0.493 e. The van der Waals surface area contributed by atoms with Gasteiger partial charge in [0.15, 0.2) is 17.3 Å². The van der Waals surface area contributed by atoms with Crippen LogP contribution in [0.5, 0.6) is 11.5 Å². The summed E-state index contributed by atoms with van der Waals surface area (Å²) >= 11 is 6.54.